The van der Waals surface area contributed by atoms with Crippen molar-refractivity contribution in [2.45, 2.75) is 0 Å². The lowest BCUT2D eigenvalue weighted by atomic mass is 10.2. The molecule has 2 aromatic rings. The summed E-state index contributed by atoms with van der Waals surface area (Å²) in [6, 6.07) is 11.8. The van der Waals surface area contributed by atoms with E-state index < -0.39 is 9.73 Å². The van der Waals surface area contributed by atoms with E-state index in [9.17, 15) is 8.60 Å². The molecule has 0 amide bonds. The Morgan fingerprint density at radius 3 is 2.19 bits per heavy atom. The molecule has 0 atom stereocenters. The van der Waals surface area contributed by atoms with Crippen LogP contribution < -0.4 is 0 Å². The Hall–Kier alpha value is -1.64. The Balaban J connectivity index is 2.23. The Bertz CT molecular complexity index is 833. The van der Waals surface area contributed by atoms with E-state index in [0.717, 1.165) is 11.1 Å². The monoisotopic (exact) mass is 365 g/mol. The highest BCUT2D eigenvalue weighted by Gasteiger charge is 1.98. The molecule has 0 fully saturated rings. The normalized spacial score (nSPS) is 10.7. The van der Waals surface area contributed by atoms with Crippen LogP contribution in [0.4, 0.5) is 10.1 Å². The average Bonchev–Trinajstić information content (AvgIpc) is 2.40. The van der Waals surface area contributed by atoms with Crippen LogP contribution in [-0.2, 0) is 9.73 Å². The zero-order chi connectivity index (χ0) is 15.5. The van der Waals surface area contributed by atoms with Gasteiger partial charge in [-0.15, -0.1) is 0 Å². The van der Waals surface area contributed by atoms with E-state index >= 15 is 0 Å². The molecule has 0 N–H and O–H groups in total. The lowest BCUT2D eigenvalue weighted by molar-refractivity contribution is 0.621. The van der Waals surface area contributed by atoms with E-state index in [1.807, 2.05) is 12.1 Å². The molecule has 0 heterocycles. The van der Waals surface area contributed by atoms with Crippen LogP contribution in [0.5, 0.6) is 0 Å². The smallest absolute Gasteiger partial charge is 0.137 e. The standard InChI is InChI=1S/C16H13BrFNOS/c1-21(2,20)19-14-8-5-12(6-9-14)3-4-13-7-10-16(18)15(17)11-13/h5-11H,1-2H3. The molecule has 0 bridgehead atoms. The van der Waals surface area contributed by atoms with Crippen molar-refractivity contribution in [2.24, 2.45) is 4.36 Å². The molecular weight excluding hydrogens is 353 g/mol. The van der Waals surface area contributed by atoms with Gasteiger partial charge in [-0.2, -0.15) is 4.36 Å². The van der Waals surface area contributed by atoms with Crippen molar-refractivity contribution in [3.8, 4) is 11.8 Å². The molecule has 0 radical (unpaired) electrons. The van der Waals surface area contributed by atoms with Gasteiger partial charge in [-0.25, -0.2) is 8.60 Å². The van der Waals surface area contributed by atoms with Crippen LogP contribution >= 0.6 is 15.9 Å². The van der Waals surface area contributed by atoms with Gasteiger partial charge in [0.05, 0.1) is 10.2 Å². The molecule has 0 saturated carbocycles. The van der Waals surface area contributed by atoms with Gasteiger partial charge in [-0.05, 0) is 58.4 Å². The largest absolute Gasteiger partial charge is 0.250 e. The van der Waals surface area contributed by atoms with E-state index in [1.165, 1.54) is 6.07 Å². The molecule has 2 aromatic carbocycles. The first-order chi connectivity index (χ1) is 9.83. The van der Waals surface area contributed by atoms with Gasteiger partial charge in [0.15, 0.2) is 0 Å². The predicted molar refractivity (Wildman–Crippen MR) is 88.6 cm³/mol. The molecule has 21 heavy (non-hydrogen) atoms. The quantitative estimate of drug-likeness (QED) is 0.690. The number of hydrogen-bond acceptors (Lipinski definition) is 2. The molecule has 2 nitrogen and oxygen atoms in total. The second-order valence-corrected chi connectivity index (χ2v) is 8.10. The van der Waals surface area contributed by atoms with Crippen molar-refractivity contribution in [3.63, 3.8) is 0 Å². The third kappa shape index (κ3) is 5.00. The Labute approximate surface area is 132 Å². The maximum Gasteiger partial charge on any atom is 0.137 e. The molecule has 0 aliphatic rings. The van der Waals surface area contributed by atoms with Crippen molar-refractivity contribution < 1.29 is 8.60 Å². The highest BCUT2D eigenvalue weighted by molar-refractivity contribution is 9.10. The first-order valence-corrected chi connectivity index (χ1v) is 9.20. The van der Waals surface area contributed by atoms with Gasteiger partial charge in [0.2, 0.25) is 0 Å². The van der Waals surface area contributed by atoms with E-state index in [1.54, 1.807) is 36.8 Å². The van der Waals surface area contributed by atoms with Crippen LogP contribution in [0.2, 0.25) is 0 Å². The van der Waals surface area contributed by atoms with Gasteiger partial charge in [-0.1, -0.05) is 11.8 Å². The fourth-order valence-electron chi connectivity index (χ4n) is 1.58. The zero-order valence-electron chi connectivity index (χ0n) is 11.6. The fraction of sp³-hybridized carbons (Fsp3) is 0.125. The summed E-state index contributed by atoms with van der Waals surface area (Å²) in [4.78, 5) is 0. The van der Waals surface area contributed by atoms with Crippen LogP contribution in [0.15, 0.2) is 51.3 Å². The van der Waals surface area contributed by atoms with Gasteiger partial charge in [0.1, 0.15) is 5.82 Å². The Morgan fingerprint density at radius 2 is 1.62 bits per heavy atom. The molecule has 0 spiro atoms. The van der Waals surface area contributed by atoms with Crippen LogP contribution in [0, 0.1) is 17.7 Å². The Kier molecular flexibility index (Phi) is 4.81. The summed E-state index contributed by atoms with van der Waals surface area (Å²) in [6.45, 7) is 0. The molecular formula is C16H13BrFNOS. The SMILES string of the molecule is CS(C)(=O)=Nc1ccc(C#Cc2ccc(F)c(Br)c2)cc1. The molecule has 0 saturated heterocycles. The molecule has 0 aliphatic heterocycles. The minimum atomic E-state index is -2.16. The molecule has 0 unspecified atom stereocenters. The number of halogens is 2. The van der Waals surface area contributed by atoms with E-state index in [-0.39, 0.29) is 5.82 Å². The second kappa shape index (κ2) is 6.42. The van der Waals surface area contributed by atoms with Gasteiger partial charge in [-0.3, -0.25) is 0 Å². The lowest BCUT2D eigenvalue weighted by Gasteiger charge is -1.97. The van der Waals surface area contributed by atoms with Gasteiger partial charge in [0.25, 0.3) is 0 Å². The molecule has 108 valence electrons. The summed E-state index contributed by atoms with van der Waals surface area (Å²) >= 11 is 3.13. The van der Waals surface area contributed by atoms with Crippen LogP contribution in [0.3, 0.4) is 0 Å². The molecule has 2 rings (SSSR count). The maximum absolute atomic E-state index is 13.1. The van der Waals surface area contributed by atoms with Crippen molar-refractivity contribution in [1.82, 2.24) is 0 Å². The van der Waals surface area contributed by atoms with Crippen LogP contribution in [0.25, 0.3) is 0 Å². The van der Waals surface area contributed by atoms with Crippen LogP contribution in [0.1, 0.15) is 11.1 Å². The Morgan fingerprint density at radius 1 is 1.05 bits per heavy atom. The molecule has 0 aliphatic carbocycles. The van der Waals surface area contributed by atoms with Crippen molar-refractivity contribution in [2.75, 3.05) is 12.5 Å². The third-order valence-electron chi connectivity index (χ3n) is 2.46. The van der Waals surface area contributed by atoms with E-state index in [2.05, 4.69) is 32.1 Å². The minimum absolute atomic E-state index is 0.311. The third-order valence-corrected chi connectivity index (χ3v) is 3.72. The summed E-state index contributed by atoms with van der Waals surface area (Å²) in [5, 5.41) is 0. The van der Waals surface area contributed by atoms with Crippen LogP contribution in [-0.4, -0.2) is 16.7 Å². The summed E-state index contributed by atoms with van der Waals surface area (Å²) in [5.74, 6) is 5.64. The van der Waals surface area contributed by atoms with Crippen molar-refractivity contribution in [1.29, 1.82) is 0 Å². The van der Waals surface area contributed by atoms with Crippen molar-refractivity contribution in [3.05, 3.63) is 63.9 Å². The lowest BCUT2D eigenvalue weighted by Crippen LogP contribution is -1.88. The molecule has 5 heteroatoms. The average molecular weight is 366 g/mol. The predicted octanol–water partition coefficient (Wildman–Crippen LogP) is 4.35. The number of benzene rings is 2. The van der Waals surface area contributed by atoms with Gasteiger partial charge in [0, 0.05) is 33.4 Å². The summed E-state index contributed by atoms with van der Waals surface area (Å²) in [6.07, 6.45) is 3.18. The minimum Gasteiger partial charge on any atom is -0.250 e. The summed E-state index contributed by atoms with van der Waals surface area (Å²) < 4.78 is 29.2. The highest BCUT2D eigenvalue weighted by atomic mass is 79.9. The number of hydrogen-bond donors (Lipinski definition) is 0. The first-order valence-electron chi connectivity index (χ1n) is 6.08. The van der Waals surface area contributed by atoms with E-state index in [4.69, 9.17) is 0 Å². The second-order valence-electron chi connectivity index (χ2n) is 4.70. The highest BCUT2D eigenvalue weighted by Crippen LogP contribution is 2.17. The first kappa shape index (κ1) is 15.7. The van der Waals surface area contributed by atoms with Gasteiger partial charge < -0.3 is 0 Å². The topological polar surface area (TPSA) is 29.4 Å². The number of nitrogens with zero attached hydrogens (tertiary/aromatic N) is 1. The summed E-state index contributed by atoms with van der Waals surface area (Å²) in [7, 11) is -2.16. The fourth-order valence-corrected chi connectivity index (χ4v) is 2.59. The van der Waals surface area contributed by atoms with Gasteiger partial charge >= 0.3 is 0 Å². The van der Waals surface area contributed by atoms with Crippen molar-refractivity contribution >= 4 is 31.3 Å². The van der Waals surface area contributed by atoms with E-state index in [0.29, 0.717) is 10.2 Å². The maximum atomic E-state index is 13.1. The zero-order valence-corrected chi connectivity index (χ0v) is 14.0. The molecule has 0 aromatic heterocycles. The summed E-state index contributed by atoms with van der Waals surface area (Å²) in [5.41, 5.74) is 2.20. The number of rotatable bonds is 1.